The molecular formula is C12H23NO2S. The number of nitrogens with zero attached hydrogens (tertiary/aromatic N) is 1. The van der Waals surface area contributed by atoms with Crippen molar-refractivity contribution in [1.82, 2.24) is 4.90 Å². The van der Waals surface area contributed by atoms with Gasteiger partial charge in [0.2, 0.25) is 0 Å². The van der Waals surface area contributed by atoms with Gasteiger partial charge in [0, 0.05) is 12.8 Å². The van der Waals surface area contributed by atoms with E-state index in [4.69, 9.17) is 0 Å². The summed E-state index contributed by atoms with van der Waals surface area (Å²) in [4.78, 5) is 2.47. The fourth-order valence-corrected chi connectivity index (χ4v) is 4.15. The molecule has 0 bridgehead atoms. The lowest BCUT2D eigenvalue weighted by Gasteiger charge is -2.32. The molecule has 4 heteroatoms. The molecule has 1 aliphatic carbocycles. The van der Waals surface area contributed by atoms with Crippen LogP contribution in [0.4, 0.5) is 0 Å². The average molecular weight is 245 g/mol. The maximum absolute atomic E-state index is 11.4. The summed E-state index contributed by atoms with van der Waals surface area (Å²) in [6, 6.07) is 0. The van der Waals surface area contributed by atoms with Crippen molar-refractivity contribution in [2.75, 3.05) is 25.9 Å². The van der Waals surface area contributed by atoms with Crippen LogP contribution in [0.25, 0.3) is 0 Å². The van der Waals surface area contributed by atoms with Gasteiger partial charge in [-0.15, -0.1) is 0 Å². The Hall–Kier alpha value is -0.0900. The first kappa shape index (κ1) is 12.4. The van der Waals surface area contributed by atoms with Gasteiger partial charge in [-0.1, -0.05) is 12.8 Å². The molecule has 0 N–H and O–H groups in total. The third-order valence-electron chi connectivity index (χ3n) is 4.13. The highest BCUT2D eigenvalue weighted by atomic mass is 32.2. The molecule has 1 aliphatic heterocycles. The number of hydrogen-bond donors (Lipinski definition) is 0. The van der Waals surface area contributed by atoms with Gasteiger partial charge in [-0.3, -0.25) is 0 Å². The van der Waals surface area contributed by atoms with Crippen LogP contribution in [-0.4, -0.2) is 44.5 Å². The summed E-state index contributed by atoms with van der Waals surface area (Å²) in [5, 5.41) is -0.0765. The minimum atomic E-state index is -2.80. The van der Waals surface area contributed by atoms with Crippen LogP contribution in [0.1, 0.15) is 38.5 Å². The molecule has 0 unspecified atom stereocenters. The van der Waals surface area contributed by atoms with Crippen molar-refractivity contribution in [2.45, 2.75) is 43.8 Å². The molecule has 2 rings (SSSR count). The topological polar surface area (TPSA) is 37.4 Å². The molecule has 0 aromatic heterocycles. The van der Waals surface area contributed by atoms with E-state index in [0.29, 0.717) is 0 Å². The SMILES string of the molecule is CS(=O)(=O)C1CCN(CC2CCCC2)CC1. The molecule has 16 heavy (non-hydrogen) atoms. The van der Waals surface area contributed by atoms with Crippen LogP contribution >= 0.6 is 0 Å². The van der Waals surface area contributed by atoms with Gasteiger partial charge in [-0.05, 0) is 44.7 Å². The summed E-state index contributed by atoms with van der Waals surface area (Å²) in [5.74, 6) is 0.884. The molecule has 0 aromatic carbocycles. The van der Waals surface area contributed by atoms with Crippen LogP contribution in [0.3, 0.4) is 0 Å². The fraction of sp³-hybridized carbons (Fsp3) is 1.00. The number of likely N-dealkylation sites (tertiary alicyclic amines) is 1. The van der Waals surface area contributed by atoms with E-state index in [1.54, 1.807) is 0 Å². The quantitative estimate of drug-likeness (QED) is 0.759. The van der Waals surface area contributed by atoms with Crippen molar-refractivity contribution in [1.29, 1.82) is 0 Å². The number of sulfone groups is 1. The second kappa shape index (κ2) is 5.05. The van der Waals surface area contributed by atoms with E-state index >= 15 is 0 Å². The van der Waals surface area contributed by atoms with E-state index in [9.17, 15) is 8.42 Å². The molecule has 1 heterocycles. The zero-order chi connectivity index (χ0) is 11.6. The first-order valence-electron chi connectivity index (χ1n) is 6.47. The largest absolute Gasteiger partial charge is 0.303 e. The summed E-state index contributed by atoms with van der Waals surface area (Å²) in [6.07, 6.45) is 8.61. The van der Waals surface area contributed by atoms with Gasteiger partial charge in [0.05, 0.1) is 5.25 Å². The van der Waals surface area contributed by atoms with E-state index in [2.05, 4.69) is 4.90 Å². The molecular weight excluding hydrogens is 222 g/mol. The van der Waals surface area contributed by atoms with E-state index in [-0.39, 0.29) is 5.25 Å². The molecule has 0 atom stereocenters. The maximum Gasteiger partial charge on any atom is 0.150 e. The summed E-state index contributed by atoms with van der Waals surface area (Å²) in [6.45, 7) is 3.17. The predicted molar refractivity (Wildman–Crippen MR) is 66.3 cm³/mol. The van der Waals surface area contributed by atoms with Gasteiger partial charge in [-0.2, -0.15) is 0 Å². The molecule has 2 fully saturated rings. The van der Waals surface area contributed by atoms with Gasteiger partial charge in [0.25, 0.3) is 0 Å². The second-order valence-electron chi connectivity index (χ2n) is 5.48. The standard InChI is InChI=1S/C12H23NO2S/c1-16(14,15)12-6-8-13(9-7-12)10-11-4-2-3-5-11/h11-12H,2-10H2,1H3. The molecule has 1 saturated carbocycles. The highest BCUT2D eigenvalue weighted by Crippen LogP contribution is 2.27. The zero-order valence-corrected chi connectivity index (χ0v) is 11.0. The Morgan fingerprint density at radius 3 is 2.12 bits per heavy atom. The van der Waals surface area contributed by atoms with Gasteiger partial charge in [0.15, 0.2) is 0 Å². The van der Waals surface area contributed by atoms with Crippen molar-refractivity contribution in [3.8, 4) is 0 Å². The Balaban J connectivity index is 1.76. The lowest BCUT2D eigenvalue weighted by Crippen LogP contribution is -2.40. The summed E-state index contributed by atoms with van der Waals surface area (Å²) >= 11 is 0. The Morgan fingerprint density at radius 2 is 1.62 bits per heavy atom. The minimum Gasteiger partial charge on any atom is -0.303 e. The van der Waals surface area contributed by atoms with Gasteiger partial charge in [-0.25, -0.2) is 8.42 Å². The minimum absolute atomic E-state index is 0.0765. The highest BCUT2D eigenvalue weighted by molar-refractivity contribution is 7.91. The smallest absolute Gasteiger partial charge is 0.150 e. The first-order valence-corrected chi connectivity index (χ1v) is 8.42. The van der Waals surface area contributed by atoms with Crippen molar-refractivity contribution < 1.29 is 8.42 Å². The molecule has 0 spiro atoms. The van der Waals surface area contributed by atoms with E-state index in [1.165, 1.54) is 38.5 Å². The lowest BCUT2D eigenvalue weighted by molar-refractivity contribution is 0.198. The first-order chi connectivity index (χ1) is 7.55. The Bertz CT molecular complexity index is 312. The second-order valence-corrected chi connectivity index (χ2v) is 7.81. The Kier molecular flexibility index (Phi) is 3.90. The predicted octanol–water partition coefficient (Wildman–Crippen LogP) is 1.69. The summed E-state index contributed by atoms with van der Waals surface area (Å²) < 4.78 is 22.8. The van der Waals surface area contributed by atoms with Crippen LogP contribution in [0.15, 0.2) is 0 Å². The molecule has 3 nitrogen and oxygen atoms in total. The van der Waals surface area contributed by atoms with E-state index < -0.39 is 9.84 Å². The van der Waals surface area contributed by atoms with Gasteiger partial charge in [0.1, 0.15) is 9.84 Å². The maximum atomic E-state index is 11.4. The molecule has 0 amide bonds. The fourth-order valence-electron chi connectivity index (χ4n) is 3.08. The summed E-state index contributed by atoms with van der Waals surface area (Å²) in [7, 11) is -2.80. The van der Waals surface area contributed by atoms with Crippen molar-refractivity contribution in [3.05, 3.63) is 0 Å². The lowest BCUT2D eigenvalue weighted by atomic mass is 10.0. The van der Waals surface area contributed by atoms with Crippen molar-refractivity contribution in [2.24, 2.45) is 5.92 Å². The molecule has 1 saturated heterocycles. The zero-order valence-electron chi connectivity index (χ0n) is 10.2. The van der Waals surface area contributed by atoms with Crippen LogP contribution in [0.2, 0.25) is 0 Å². The van der Waals surface area contributed by atoms with Crippen molar-refractivity contribution >= 4 is 9.84 Å². The van der Waals surface area contributed by atoms with E-state index in [1.807, 2.05) is 0 Å². The Morgan fingerprint density at radius 1 is 1.06 bits per heavy atom. The van der Waals surface area contributed by atoms with Crippen LogP contribution < -0.4 is 0 Å². The summed E-state index contributed by atoms with van der Waals surface area (Å²) in [5.41, 5.74) is 0. The number of rotatable bonds is 3. The molecule has 0 aromatic rings. The number of piperidine rings is 1. The van der Waals surface area contributed by atoms with Gasteiger partial charge >= 0.3 is 0 Å². The normalized spacial score (nSPS) is 26.3. The van der Waals surface area contributed by atoms with Crippen LogP contribution in [0, 0.1) is 5.92 Å². The molecule has 94 valence electrons. The van der Waals surface area contributed by atoms with Crippen LogP contribution in [0.5, 0.6) is 0 Å². The highest BCUT2D eigenvalue weighted by Gasteiger charge is 2.28. The van der Waals surface area contributed by atoms with E-state index in [0.717, 1.165) is 31.8 Å². The van der Waals surface area contributed by atoms with Gasteiger partial charge < -0.3 is 4.90 Å². The third kappa shape index (κ3) is 3.20. The van der Waals surface area contributed by atoms with Crippen molar-refractivity contribution in [3.63, 3.8) is 0 Å². The molecule has 0 radical (unpaired) electrons. The number of hydrogen-bond acceptors (Lipinski definition) is 3. The average Bonchev–Trinajstić information content (AvgIpc) is 2.70. The molecule has 2 aliphatic rings. The van der Waals surface area contributed by atoms with Crippen LogP contribution in [-0.2, 0) is 9.84 Å². The third-order valence-corrected chi connectivity index (χ3v) is 5.81. The monoisotopic (exact) mass is 245 g/mol. The Labute approximate surface area is 99.1 Å².